The van der Waals surface area contributed by atoms with Crippen molar-refractivity contribution in [3.63, 3.8) is 0 Å². The minimum atomic E-state index is -0.781. The summed E-state index contributed by atoms with van der Waals surface area (Å²) in [4.78, 5) is 24.5. The van der Waals surface area contributed by atoms with Gasteiger partial charge in [-0.25, -0.2) is 9.59 Å². The molecule has 0 aromatic heterocycles. The monoisotopic (exact) mass is 331 g/mol. The second-order valence-corrected chi connectivity index (χ2v) is 6.66. The van der Waals surface area contributed by atoms with E-state index in [0.717, 1.165) is 6.42 Å². The lowest BCUT2D eigenvalue weighted by atomic mass is 10.1. The van der Waals surface area contributed by atoms with Crippen molar-refractivity contribution in [1.82, 2.24) is 10.2 Å². The average molecular weight is 331 g/mol. The highest BCUT2D eigenvalue weighted by Gasteiger charge is 2.31. The summed E-state index contributed by atoms with van der Waals surface area (Å²) in [7, 11) is 0. The second-order valence-electron chi connectivity index (χ2n) is 6.66. The molecule has 0 aliphatic carbocycles. The molecule has 0 radical (unpaired) electrons. The molecule has 0 spiro atoms. The van der Waals surface area contributed by atoms with E-state index in [0.29, 0.717) is 26.3 Å². The van der Waals surface area contributed by atoms with Gasteiger partial charge in [0.1, 0.15) is 12.2 Å². The Morgan fingerprint density at radius 3 is 2.74 bits per heavy atom. The molecule has 134 valence electrons. The van der Waals surface area contributed by atoms with Crippen LogP contribution < -0.4 is 11.1 Å². The van der Waals surface area contributed by atoms with E-state index in [1.807, 2.05) is 27.7 Å². The van der Waals surface area contributed by atoms with Gasteiger partial charge in [-0.05, 0) is 34.1 Å². The summed E-state index contributed by atoms with van der Waals surface area (Å²) in [5, 5.41) is 3.23. The molecule has 8 heteroatoms. The maximum atomic E-state index is 12.3. The van der Waals surface area contributed by atoms with Crippen molar-refractivity contribution < 1.29 is 23.8 Å². The molecule has 23 heavy (non-hydrogen) atoms. The van der Waals surface area contributed by atoms with Crippen molar-refractivity contribution in [2.45, 2.75) is 51.8 Å². The zero-order chi connectivity index (χ0) is 17.5. The molecule has 1 aliphatic rings. The van der Waals surface area contributed by atoms with E-state index in [-0.39, 0.29) is 24.8 Å². The van der Waals surface area contributed by atoms with E-state index < -0.39 is 11.7 Å². The standard InChI is InChI=1S/C15H29N3O5/c1-11(17-5-7-22-13(16)19)9-12-10-21-8-6-18(12)14(20)23-15(2,3)4/h11-12,17H,5-10H2,1-4H3,(H2,16,19). The third-order valence-corrected chi connectivity index (χ3v) is 3.32. The largest absolute Gasteiger partial charge is 0.448 e. The molecule has 2 amide bonds. The van der Waals surface area contributed by atoms with Crippen LogP contribution in [0.4, 0.5) is 9.59 Å². The van der Waals surface area contributed by atoms with Crippen LogP contribution in [0.15, 0.2) is 0 Å². The van der Waals surface area contributed by atoms with E-state index in [9.17, 15) is 9.59 Å². The Morgan fingerprint density at radius 2 is 2.13 bits per heavy atom. The first-order valence-electron chi connectivity index (χ1n) is 7.92. The van der Waals surface area contributed by atoms with Crippen LogP contribution in [-0.2, 0) is 14.2 Å². The average Bonchev–Trinajstić information content (AvgIpc) is 2.42. The molecule has 2 unspecified atom stereocenters. The van der Waals surface area contributed by atoms with Crippen LogP contribution in [0, 0.1) is 0 Å². The highest BCUT2D eigenvalue weighted by Crippen LogP contribution is 2.17. The molecule has 0 aromatic rings. The van der Waals surface area contributed by atoms with Gasteiger partial charge in [-0.15, -0.1) is 0 Å². The number of nitrogens with two attached hydrogens (primary N) is 1. The fourth-order valence-corrected chi connectivity index (χ4v) is 2.36. The minimum Gasteiger partial charge on any atom is -0.448 e. The van der Waals surface area contributed by atoms with Crippen LogP contribution in [0.2, 0.25) is 0 Å². The molecule has 3 N–H and O–H groups in total. The topological polar surface area (TPSA) is 103 Å². The lowest BCUT2D eigenvalue weighted by Crippen LogP contribution is -2.52. The summed E-state index contributed by atoms with van der Waals surface area (Å²) >= 11 is 0. The Bertz CT molecular complexity index is 397. The molecule has 0 aromatic carbocycles. The Kier molecular flexibility index (Phi) is 7.57. The van der Waals surface area contributed by atoms with Crippen LogP contribution in [0.25, 0.3) is 0 Å². The van der Waals surface area contributed by atoms with Gasteiger partial charge in [0.05, 0.1) is 19.3 Å². The van der Waals surface area contributed by atoms with Crippen LogP contribution in [0.1, 0.15) is 34.1 Å². The van der Waals surface area contributed by atoms with Crippen molar-refractivity contribution in [2.24, 2.45) is 5.73 Å². The number of primary amides is 1. The number of carbonyl (C=O) groups excluding carboxylic acids is 2. The first kappa shape index (κ1) is 19.5. The van der Waals surface area contributed by atoms with Crippen molar-refractivity contribution in [3.05, 3.63) is 0 Å². The van der Waals surface area contributed by atoms with Gasteiger partial charge in [0.15, 0.2) is 0 Å². The van der Waals surface area contributed by atoms with Gasteiger partial charge >= 0.3 is 12.2 Å². The number of morpholine rings is 1. The molecule has 1 rings (SSSR count). The van der Waals surface area contributed by atoms with Gasteiger partial charge in [0.25, 0.3) is 0 Å². The SMILES string of the molecule is CC(CC1COCCN1C(=O)OC(C)(C)C)NCCOC(N)=O. The second kappa shape index (κ2) is 8.93. The van der Waals surface area contributed by atoms with Crippen molar-refractivity contribution in [2.75, 3.05) is 32.9 Å². The first-order chi connectivity index (χ1) is 10.7. The fraction of sp³-hybridized carbons (Fsp3) is 0.867. The maximum Gasteiger partial charge on any atom is 0.410 e. The number of hydrogen-bond acceptors (Lipinski definition) is 6. The molecule has 0 bridgehead atoms. The zero-order valence-electron chi connectivity index (χ0n) is 14.5. The molecule has 8 nitrogen and oxygen atoms in total. The molecule has 1 aliphatic heterocycles. The summed E-state index contributed by atoms with van der Waals surface area (Å²) in [5.41, 5.74) is 4.38. The number of nitrogens with zero attached hydrogens (tertiary/aromatic N) is 1. The molecular weight excluding hydrogens is 302 g/mol. The third-order valence-electron chi connectivity index (χ3n) is 3.32. The van der Waals surface area contributed by atoms with Crippen LogP contribution >= 0.6 is 0 Å². The minimum absolute atomic E-state index is 0.0434. The summed E-state index contributed by atoms with van der Waals surface area (Å²) in [6.07, 6.45) is -0.373. The Balaban J connectivity index is 2.44. The quantitative estimate of drug-likeness (QED) is 0.706. The van der Waals surface area contributed by atoms with E-state index in [1.54, 1.807) is 4.90 Å². The van der Waals surface area contributed by atoms with Crippen molar-refractivity contribution >= 4 is 12.2 Å². The lowest BCUT2D eigenvalue weighted by molar-refractivity contribution is -0.0356. The number of ether oxygens (including phenoxy) is 3. The number of carbonyl (C=O) groups is 2. The lowest BCUT2D eigenvalue weighted by Gasteiger charge is -2.37. The summed E-state index contributed by atoms with van der Waals surface area (Å²) in [6.45, 7) is 9.81. The number of hydrogen-bond donors (Lipinski definition) is 2. The molecule has 1 heterocycles. The summed E-state index contributed by atoms with van der Waals surface area (Å²) in [6, 6.07) is 0.0845. The Hall–Kier alpha value is -1.54. The van der Waals surface area contributed by atoms with Crippen LogP contribution in [0.5, 0.6) is 0 Å². The van der Waals surface area contributed by atoms with Crippen LogP contribution in [0.3, 0.4) is 0 Å². The number of nitrogens with one attached hydrogen (secondary N) is 1. The predicted molar refractivity (Wildman–Crippen MR) is 85.2 cm³/mol. The predicted octanol–water partition coefficient (Wildman–Crippen LogP) is 1.09. The summed E-state index contributed by atoms with van der Waals surface area (Å²) < 4.78 is 15.6. The van der Waals surface area contributed by atoms with E-state index >= 15 is 0 Å². The first-order valence-corrected chi connectivity index (χ1v) is 7.92. The maximum absolute atomic E-state index is 12.3. The highest BCUT2D eigenvalue weighted by atomic mass is 16.6. The number of rotatable bonds is 6. The molecule has 0 saturated carbocycles. The molecule has 1 saturated heterocycles. The fourth-order valence-electron chi connectivity index (χ4n) is 2.36. The molecule has 1 fully saturated rings. The normalized spacial score (nSPS) is 20.0. The zero-order valence-corrected chi connectivity index (χ0v) is 14.5. The Morgan fingerprint density at radius 1 is 1.43 bits per heavy atom. The highest BCUT2D eigenvalue weighted by molar-refractivity contribution is 5.68. The summed E-state index contributed by atoms with van der Waals surface area (Å²) in [5.74, 6) is 0. The third kappa shape index (κ3) is 8.03. The molecular formula is C15H29N3O5. The van der Waals surface area contributed by atoms with Crippen molar-refractivity contribution in [3.8, 4) is 0 Å². The van der Waals surface area contributed by atoms with Gasteiger partial charge in [-0.3, -0.25) is 0 Å². The molecule has 2 atom stereocenters. The van der Waals surface area contributed by atoms with Crippen LogP contribution in [-0.4, -0.2) is 67.7 Å². The van der Waals surface area contributed by atoms with Gasteiger partial charge < -0.3 is 30.2 Å². The van der Waals surface area contributed by atoms with Crippen molar-refractivity contribution in [1.29, 1.82) is 0 Å². The van der Waals surface area contributed by atoms with Gasteiger partial charge in [0.2, 0.25) is 0 Å². The van der Waals surface area contributed by atoms with Gasteiger partial charge in [-0.1, -0.05) is 0 Å². The van der Waals surface area contributed by atoms with Gasteiger partial charge in [-0.2, -0.15) is 0 Å². The smallest absolute Gasteiger partial charge is 0.410 e. The Labute approximate surface area is 137 Å². The number of amides is 2. The van der Waals surface area contributed by atoms with E-state index in [2.05, 4.69) is 10.1 Å². The van der Waals surface area contributed by atoms with E-state index in [1.165, 1.54) is 0 Å². The van der Waals surface area contributed by atoms with E-state index in [4.69, 9.17) is 15.2 Å². The van der Waals surface area contributed by atoms with Gasteiger partial charge in [0, 0.05) is 19.1 Å².